The number of hydrogen-bond acceptors (Lipinski definition) is 1. The van der Waals surface area contributed by atoms with Gasteiger partial charge in [0.15, 0.2) is 0 Å². The van der Waals surface area contributed by atoms with Crippen LogP contribution in [0.1, 0.15) is 46.0 Å². The molecule has 0 spiro atoms. The zero-order chi connectivity index (χ0) is 10.9. The predicted molar refractivity (Wildman–Crippen MR) is 68.0 cm³/mol. The molecular weight excluding hydrogens is 182 g/mol. The van der Waals surface area contributed by atoms with Crippen LogP contribution >= 0.6 is 0 Å². The van der Waals surface area contributed by atoms with Gasteiger partial charge in [-0.15, -0.1) is 0 Å². The predicted octanol–water partition coefficient (Wildman–Crippen LogP) is 3.68. The van der Waals surface area contributed by atoms with Crippen molar-refractivity contribution in [1.29, 1.82) is 0 Å². The molecule has 0 radical (unpaired) electrons. The Morgan fingerprint density at radius 1 is 1.33 bits per heavy atom. The second kappa shape index (κ2) is 7.70. The van der Waals surface area contributed by atoms with Crippen LogP contribution in [0.15, 0.2) is 23.8 Å². The normalized spacial score (nSPS) is 24.4. The van der Waals surface area contributed by atoms with Crippen molar-refractivity contribution in [2.45, 2.75) is 46.0 Å². The summed E-state index contributed by atoms with van der Waals surface area (Å²) in [5.41, 5.74) is 1.52. The second-order valence-electron chi connectivity index (χ2n) is 4.43. The maximum atomic E-state index is 3.47. The molecule has 86 valence electrons. The molecule has 1 aliphatic heterocycles. The van der Waals surface area contributed by atoms with Crippen LogP contribution in [-0.2, 0) is 0 Å². The van der Waals surface area contributed by atoms with Crippen molar-refractivity contribution in [2.75, 3.05) is 13.1 Å². The van der Waals surface area contributed by atoms with E-state index in [1.165, 1.54) is 44.3 Å². The first-order chi connectivity index (χ1) is 7.36. The summed E-state index contributed by atoms with van der Waals surface area (Å²) < 4.78 is 0. The molecule has 0 aromatic heterocycles. The average Bonchev–Trinajstić information content (AvgIpc) is 2.52. The summed E-state index contributed by atoms with van der Waals surface area (Å²) in [7, 11) is 0. The first kappa shape index (κ1) is 12.5. The van der Waals surface area contributed by atoms with E-state index < -0.39 is 0 Å². The Bertz CT molecular complexity index is 207. The smallest absolute Gasteiger partial charge is 0.00462 e. The van der Waals surface area contributed by atoms with E-state index in [4.69, 9.17) is 0 Å². The highest BCUT2D eigenvalue weighted by atomic mass is 14.8. The third-order valence-corrected chi connectivity index (χ3v) is 3.16. The summed E-state index contributed by atoms with van der Waals surface area (Å²) >= 11 is 0. The number of allylic oxidation sites excluding steroid dienone is 4. The lowest BCUT2D eigenvalue weighted by molar-refractivity contribution is 0.471. The van der Waals surface area contributed by atoms with Gasteiger partial charge >= 0.3 is 0 Å². The van der Waals surface area contributed by atoms with Crippen LogP contribution in [0.5, 0.6) is 0 Å². The molecule has 0 amide bonds. The van der Waals surface area contributed by atoms with E-state index >= 15 is 0 Å². The SMILES string of the molecule is C/C=C(\C=C/CC)CC1CCCNCC1. The highest BCUT2D eigenvalue weighted by Gasteiger charge is 2.12. The second-order valence-corrected chi connectivity index (χ2v) is 4.43. The van der Waals surface area contributed by atoms with E-state index in [9.17, 15) is 0 Å². The molecular formula is C14H25N. The molecule has 1 nitrogen and oxygen atoms in total. The van der Waals surface area contributed by atoms with Gasteiger partial charge in [-0.25, -0.2) is 0 Å². The highest BCUT2D eigenvalue weighted by Crippen LogP contribution is 2.22. The fourth-order valence-electron chi connectivity index (χ4n) is 2.18. The lowest BCUT2D eigenvalue weighted by atomic mass is 9.92. The Hall–Kier alpha value is -0.560. The lowest BCUT2D eigenvalue weighted by Gasteiger charge is -2.13. The third kappa shape index (κ3) is 5.17. The summed E-state index contributed by atoms with van der Waals surface area (Å²) in [6, 6.07) is 0. The van der Waals surface area contributed by atoms with Gasteiger partial charge in [0.2, 0.25) is 0 Å². The Labute approximate surface area is 94.6 Å². The van der Waals surface area contributed by atoms with Gasteiger partial charge in [0, 0.05) is 0 Å². The quantitative estimate of drug-likeness (QED) is 0.693. The molecule has 15 heavy (non-hydrogen) atoms. The summed E-state index contributed by atoms with van der Waals surface area (Å²) in [6.07, 6.45) is 13.3. The van der Waals surface area contributed by atoms with Gasteiger partial charge in [0.25, 0.3) is 0 Å². The lowest BCUT2D eigenvalue weighted by Crippen LogP contribution is -2.14. The fraction of sp³-hybridized carbons (Fsp3) is 0.714. The maximum absolute atomic E-state index is 3.47. The minimum Gasteiger partial charge on any atom is -0.317 e. The fourth-order valence-corrected chi connectivity index (χ4v) is 2.18. The molecule has 1 atom stereocenters. The van der Waals surface area contributed by atoms with Gasteiger partial charge in [-0.2, -0.15) is 0 Å². The molecule has 0 aliphatic carbocycles. The topological polar surface area (TPSA) is 12.0 Å². The Kier molecular flexibility index (Phi) is 6.42. The van der Waals surface area contributed by atoms with Gasteiger partial charge < -0.3 is 5.32 Å². The standard InChI is InChI=1S/C14H25N/c1-3-5-7-13(4-2)12-14-8-6-10-15-11-9-14/h4-5,7,14-15H,3,6,8-12H2,1-2H3/b7-5-,13-4+. The van der Waals surface area contributed by atoms with E-state index in [-0.39, 0.29) is 0 Å². The van der Waals surface area contributed by atoms with Gasteiger partial charge in [-0.3, -0.25) is 0 Å². The van der Waals surface area contributed by atoms with E-state index in [2.05, 4.69) is 37.4 Å². The van der Waals surface area contributed by atoms with Crippen LogP contribution < -0.4 is 5.32 Å². The molecule has 1 N–H and O–H groups in total. The molecule has 0 saturated carbocycles. The molecule has 1 fully saturated rings. The minimum atomic E-state index is 0.896. The van der Waals surface area contributed by atoms with Crippen LogP contribution in [0.2, 0.25) is 0 Å². The summed E-state index contributed by atoms with van der Waals surface area (Å²) in [5.74, 6) is 0.896. The molecule has 1 saturated heterocycles. The average molecular weight is 207 g/mol. The molecule has 1 aliphatic rings. The van der Waals surface area contributed by atoms with Crippen LogP contribution in [0.25, 0.3) is 0 Å². The Morgan fingerprint density at radius 2 is 2.20 bits per heavy atom. The van der Waals surface area contributed by atoms with Crippen molar-refractivity contribution in [3.05, 3.63) is 23.8 Å². The minimum absolute atomic E-state index is 0.896. The van der Waals surface area contributed by atoms with Crippen molar-refractivity contribution >= 4 is 0 Å². The zero-order valence-electron chi connectivity index (χ0n) is 10.3. The molecule has 1 unspecified atom stereocenters. The van der Waals surface area contributed by atoms with E-state index in [0.717, 1.165) is 12.3 Å². The van der Waals surface area contributed by atoms with Crippen LogP contribution in [-0.4, -0.2) is 13.1 Å². The van der Waals surface area contributed by atoms with Crippen molar-refractivity contribution < 1.29 is 0 Å². The Morgan fingerprint density at radius 3 is 2.93 bits per heavy atom. The summed E-state index contributed by atoms with van der Waals surface area (Å²) in [4.78, 5) is 0. The van der Waals surface area contributed by atoms with E-state index in [1.54, 1.807) is 0 Å². The van der Waals surface area contributed by atoms with Crippen molar-refractivity contribution in [3.63, 3.8) is 0 Å². The zero-order valence-corrected chi connectivity index (χ0v) is 10.3. The van der Waals surface area contributed by atoms with Crippen molar-refractivity contribution in [2.24, 2.45) is 5.92 Å². The molecule has 1 rings (SSSR count). The van der Waals surface area contributed by atoms with E-state index in [1.807, 2.05) is 0 Å². The number of hydrogen-bond donors (Lipinski definition) is 1. The van der Waals surface area contributed by atoms with Gasteiger partial charge in [0.05, 0.1) is 0 Å². The van der Waals surface area contributed by atoms with Crippen LogP contribution in [0.4, 0.5) is 0 Å². The molecule has 0 aromatic rings. The molecule has 0 bridgehead atoms. The van der Waals surface area contributed by atoms with Gasteiger partial charge in [-0.05, 0) is 58.0 Å². The Balaban J connectivity index is 2.39. The number of rotatable bonds is 4. The molecule has 1 heterocycles. The summed E-state index contributed by atoms with van der Waals surface area (Å²) in [6.45, 7) is 6.77. The van der Waals surface area contributed by atoms with Gasteiger partial charge in [0.1, 0.15) is 0 Å². The highest BCUT2D eigenvalue weighted by molar-refractivity contribution is 5.18. The van der Waals surface area contributed by atoms with Crippen LogP contribution in [0.3, 0.4) is 0 Å². The van der Waals surface area contributed by atoms with Crippen LogP contribution in [0, 0.1) is 5.92 Å². The third-order valence-electron chi connectivity index (χ3n) is 3.16. The number of nitrogens with one attached hydrogen (secondary N) is 1. The monoisotopic (exact) mass is 207 g/mol. The first-order valence-electron chi connectivity index (χ1n) is 6.39. The summed E-state index contributed by atoms with van der Waals surface area (Å²) in [5, 5.41) is 3.47. The molecule has 1 heteroatoms. The maximum Gasteiger partial charge on any atom is -0.00462 e. The van der Waals surface area contributed by atoms with Crippen molar-refractivity contribution in [1.82, 2.24) is 5.32 Å². The van der Waals surface area contributed by atoms with Crippen molar-refractivity contribution in [3.8, 4) is 0 Å². The largest absolute Gasteiger partial charge is 0.317 e. The van der Waals surface area contributed by atoms with E-state index in [0.29, 0.717) is 0 Å². The first-order valence-corrected chi connectivity index (χ1v) is 6.39. The molecule has 0 aromatic carbocycles. The van der Waals surface area contributed by atoms with Gasteiger partial charge in [-0.1, -0.05) is 30.7 Å².